The van der Waals surface area contributed by atoms with Crippen LogP contribution in [0.15, 0.2) is 48.5 Å². The number of rotatable bonds is 3. The summed E-state index contributed by atoms with van der Waals surface area (Å²) in [6, 6.07) is 10.1. The van der Waals surface area contributed by atoms with Crippen LogP contribution >= 0.6 is 11.6 Å². The first-order valence-electron chi connectivity index (χ1n) is 5.74. The number of carbonyl (C=O) groups excluding carboxylic acids is 1. The third-order valence-electron chi connectivity index (χ3n) is 2.46. The van der Waals surface area contributed by atoms with Crippen molar-refractivity contribution in [1.29, 1.82) is 0 Å². The molecule has 2 aromatic rings. The van der Waals surface area contributed by atoms with E-state index in [1.54, 1.807) is 30.3 Å². The molecule has 0 saturated carbocycles. The lowest BCUT2D eigenvalue weighted by molar-refractivity contribution is -0.111. The van der Waals surface area contributed by atoms with Gasteiger partial charge >= 0.3 is 0 Å². The topological polar surface area (TPSA) is 29.1 Å². The molecule has 0 unspecified atom stereocenters. The highest BCUT2D eigenvalue weighted by Crippen LogP contribution is 2.14. The maximum atomic E-state index is 13.0. The molecule has 102 valence electrons. The molecule has 1 N–H and O–H groups in total. The van der Waals surface area contributed by atoms with Crippen LogP contribution in [-0.2, 0) is 4.79 Å². The lowest BCUT2D eigenvalue weighted by Crippen LogP contribution is -2.08. The van der Waals surface area contributed by atoms with Crippen molar-refractivity contribution in [3.05, 3.63) is 70.8 Å². The predicted octanol–water partition coefficient (Wildman–Crippen LogP) is 4.27. The fourth-order valence-electron chi connectivity index (χ4n) is 1.54. The Morgan fingerprint density at radius 3 is 2.60 bits per heavy atom. The summed E-state index contributed by atoms with van der Waals surface area (Å²) in [6.07, 6.45) is 2.86. The van der Waals surface area contributed by atoms with E-state index >= 15 is 0 Å². The van der Waals surface area contributed by atoms with Gasteiger partial charge in [0, 0.05) is 22.9 Å². The molecule has 2 nitrogen and oxygen atoms in total. The third kappa shape index (κ3) is 3.90. The second-order valence-corrected chi connectivity index (χ2v) is 4.44. The van der Waals surface area contributed by atoms with Gasteiger partial charge in [0.25, 0.3) is 0 Å². The molecule has 0 fully saturated rings. The van der Waals surface area contributed by atoms with Crippen molar-refractivity contribution < 1.29 is 13.6 Å². The number of hydrogen-bond donors (Lipinski definition) is 1. The zero-order chi connectivity index (χ0) is 14.5. The van der Waals surface area contributed by atoms with E-state index < -0.39 is 17.5 Å². The minimum Gasteiger partial charge on any atom is -0.322 e. The van der Waals surface area contributed by atoms with Crippen molar-refractivity contribution >= 4 is 29.3 Å². The predicted molar refractivity (Wildman–Crippen MR) is 75.5 cm³/mol. The average Bonchev–Trinajstić information content (AvgIpc) is 2.41. The summed E-state index contributed by atoms with van der Waals surface area (Å²) in [5.41, 5.74) is 0.947. The quantitative estimate of drug-likeness (QED) is 0.841. The van der Waals surface area contributed by atoms with Gasteiger partial charge in [-0.25, -0.2) is 8.78 Å². The first kappa shape index (κ1) is 14.2. The van der Waals surface area contributed by atoms with Gasteiger partial charge in [0.1, 0.15) is 0 Å². The molecular formula is C15H10ClF2NO. The molecule has 0 radical (unpaired) electrons. The molecule has 0 aliphatic rings. The van der Waals surface area contributed by atoms with E-state index in [0.717, 1.165) is 17.7 Å². The van der Waals surface area contributed by atoms with Crippen LogP contribution in [0, 0.1) is 11.6 Å². The molecule has 0 aliphatic heterocycles. The molecule has 0 aliphatic carbocycles. The van der Waals surface area contributed by atoms with Crippen molar-refractivity contribution in [2.24, 2.45) is 0 Å². The van der Waals surface area contributed by atoms with Crippen LogP contribution in [0.2, 0.25) is 5.02 Å². The first-order chi connectivity index (χ1) is 9.54. The van der Waals surface area contributed by atoms with Crippen LogP contribution < -0.4 is 5.32 Å². The van der Waals surface area contributed by atoms with Crippen molar-refractivity contribution in [2.75, 3.05) is 5.32 Å². The van der Waals surface area contributed by atoms with E-state index in [2.05, 4.69) is 5.32 Å². The molecule has 0 aromatic heterocycles. The molecule has 0 atom stereocenters. The molecule has 20 heavy (non-hydrogen) atoms. The number of halogens is 3. The second kappa shape index (κ2) is 6.30. The van der Waals surface area contributed by atoms with Gasteiger partial charge in [0.15, 0.2) is 11.6 Å². The Morgan fingerprint density at radius 1 is 1.10 bits per heavy atom. The molecule has 0 spiro atoms. The molecule has 5 heteroatoms. The maximum Gasteiger partial charge on any atom is 0.248 e. The van der Waals surface area contributed by atoms with Gasteiger partial charge in [-0.05, 0) is 35.9 Å². The SMILES string of the molecule is O=C(/C=C/c1cccc(Cl)c1)Nc1ccc(F)c(F)c1. The van der Waals surface area contributed by atoms with E-state index in [1.807, 2.05) is 0 Å². The van der Waals surface area contributed by atoms with Gasteiger partial charge < -0.3 is 5.32 Å². The van der Waals surface area contributed by atoms with Crippen molar-refractivity contribution in [3.8, 4) is 0 Å². The number of anilines is 1. The maximum absolute atomic E-state index is 13.0. The molecular weight excluding hydrogens is 284 g/mol. The Kier molecular flexibility index (Phi) is 4.48. The molecule has 1 amide bonds. The number of nitrogens with one attached hydrogen (secondary N) is 1. The molecule has 0 saturated heterocycles. The van der Waals surface area contributed by atoms with Gasteiger partial charge in [0.05, 0.1) is 0 Å². The second-order valence-electron chi connectivity index (χ2n) is 4.01. The van der Waals surface area contributed by atoms with E-state index in [4.69, 9.17) is 11.6 Å². The van der Waals surface area contributed by atoms with Crippen molar-refractivity contribution in [1.82, 2.24) is 0 Å². The van der Waals surface area contributed by atoms with E-state index in [9.17, 15) is 13.6 Å². The summed E-state index contributed by atoms with van der Waals surface area (Å²) in [7, 11) is 0. The Hall–Kier alpha value is -2.20. The number of amides is 1. The highest BCUT2D eigenvalue weighted by molar-refractivity contribution is 6.30. The minimum atomic E-state index is -1.01. The summed E-state index contributed by atoms with van der Waals surface area (Å²) in [6.45, 7) is 0. The van der Waals surface area contributed by atoms with E-state index in [-0.39, 0.29) is 5.69 Å². The lowest BCUT2D eigenvalue weighted by atomic mass is 10.2. The lowest BCUT2D eigenvalue weighted by Gasteiger charge is -2.02. The van der Waals surface area contributed by atoms with Crippen molar-refractivity contribution in [2.45, 2.75) is 0 Å². The van der Waals surface area contributed by atoms with E-state index in [1.165, 1.54) is 12.1 Å². The monoisotopic (exact) mass is 293 g/mol. The number of hydrogen-bond acceptors (Lipinski definition) is 1. The molecule has 0 bridgehead atoms. The normalized spacial score (nSPS) is 10.8. The fourth-order valence-corrected chi connectivity index (χ4v) is 1.74. The highest BCUT2D eigenvalue weighted by atomic mass is 35.5. The standard InChI is InChI=1S/C15H10ClF2NO/c16-11-3-1-2-10(8-11)4-7-15(20)19-12-5-6-13(17)14(18)9-12/h1-9H,(H,19,20)/b7-4+. The van der Waals surface area contributed by atoms with Gasteiger partial charge in [-0.1, -0.05) is 23.7 Å². The van der Waals surface area contributed by atoms with Gasteiger partial charge in [-0.2, -0.15) is 0 Å². The number of carbonyl (C=O) groups is 1. The fraction of sp³-hybridized carbons (Fsp3) is 0. The van der Waals surface area contributed by atoms with Gasteiger partial charge in [-0.15, -0.1) is 0 Å². The van der Waals surface area contributed by atoms with E-state index in [0.29, 0.717) is 5.02 Å². The highest BCUT2D eigenvalue weighted by Gasteiger charge is 2.04. The van der Waals surface area contributed by atoms with Crippen LogP contribution in [-0.4, -0.2) is 5.91 Å². The Bertz CT molecular complexity index is 671. The summed E-state index contributed by atoms with van der Waals surface area (Å²) in [5.74, 6) is -2.42. The Morgan fingerprint density at radius 2 is 1.90 bits per heavy atom. The van der Waals surface area contributed by atoms with Crippen LogP contribution in [0.3, 0.4) is 0 Å². The smallest absolute Gasteiger partial charge is 0.248 e. The van der Waals surface area contributed by atoms with Crippen LogP contribution in [0.5, 0.6) is 0 Å². The first-order valence-corrected chi connectivity index (χ1v) is 6.12. The zero-order valence-electron chi connectivity index (χ0n) is 10.2. The summed E-state index contributed by atoms with van der Waals surface area (Å²) < 4.78 is 25.7. The van der Waals surface area contributed by atoms with Crippen LogP contribution in [0.4, 0.5) is 14.5 Å². The summed E-state index contributed by atoms with van der Waals surface area (Å²) in [5, 5.41) is 2.99. The Balaban J connectivity index is 2.03. The summed E-state index contributed by atoms with van der Waals surface area (Å²) in [4.78, 5) is 11.6. The van der Waals surface area contributed by atoms with Gasteiger partial charge in [-0.3, -0.25) is 4.79 Å². The molecule has 0 heterocycles. The molecule has 2 rings (SSSR count). The Labute approximate surface area is 119 Å². The number of benzene rings is 2. The van der Waals surface area contributed by atoms with Crippen LogP contribution in [0.1, 0.15) is 5.56 Å². The largest absolute Gasteiger partial charge is 0.322 e. The zero-order valence-corrected chi connectivity index (χ0v) is 11.0. The summed E-state index contributed by atoms with van der Waals surface area (Å²) >= 11 is 5.81. The van der Waals surface area contributed by atoms with Crippen LogP contribution in [0.25, 0.3) is 6.08 Å². The van der Waals surface area contributed by atoms with Crippen molar-refractivity contribution in [3.63, 3.8) is 0 Å². The molecule has 2 aromatic carbocycles. The minimum absolute atomic E-state index is 0.185. The van der Waals surface area contributed by atoms with Gasteiger partial charge in [0.2, 0.25) is 5.91 Å². The average molecular weight is 294 g/mol. The third-order valence-corrected chi connectivity index (χ3v) is 2.70.